The number of nitrogens with zero attached hydrogens (tertiary/aromatic N) is 2. The summed E-state index contributed by atoms with van der Waals surface area (Å²) in [6.07, 6.45) is 1.26. The maximum atomic E-state index is 10.5. The zero-order chi connectivity index (χ0) is 9.42. The van der Waals surface area contributed by atoms with Crippen LogP contribution in [0.2, 0.25) is 0 Å². The highest BCUT2D eigenvalue weighted by Crippen LogP contribution is 2.34. The van der Waals surface area contributed by atoms with Gasteiger partial charge in [-0.25, -0.2) is 4.98 Å². The van der Waals surface area contributed by atoms with Crippen LogP contribution in [0.15, 0.2) is 22.1 Å². The predicted molar refractivity (Wildman–Crippen MR) is 54.0 cm³/mol. The summed E-state index contributed by atoms with van der Waals surface area (Å²) in [4.78, 5) is 14.0. The van der Waals surface area contributed by atoms with E-state index in [1.807, 2.05) is 11.4 Å². The number of thiophene rings is 1. The van der Waals surface area contributed by atoms with Crippen molar-refractivity contribution in [2.75, 3.05) is 0 Å². The molecule has 0 N–H and O–H groups in total. The van der Waals surface area contributed by atoms with E-state index in [9.17, 15) is 10.1 Å². The molecule has 0 fully saturated rings. The minimum absolute atomic E-state index is 0.00921. The first-order chi connectivity index (χ1) is 6.20. The summed E-state index contributed by atoms with van der Waals surface area (Å²) in [6, 6.07) is 1.83. The summed E-state index contributed by atoms with van der Waals surface area (Å²) in [5.41, 5.74) is 0.789. The van der Waals surface area contributed by atoms with Crippen molar-refractivity contribution in [1.82, 2.24) is 4.98 Å². The summed E-state index contributed by atoms with van der Waals surface area (Å²) < 4.78 is 1.33. The summed E-state index contributed by atoms with van der Waals surface area (Å²) >= 11 is 4.62. The van der Waals surface area contributed by atoms with Gasteiger partial charge in [0.05, 0.1) is 15.1 Å². The first-order valence-electron chi connectivity index (χ1n) is 3.36. The second kappa shape index (κ2) is 3.04. The Morgan fingerprint density at radius 1 is 1.62 bits per heavy atom. The highest BCUT2D eigenvalue weighted by atomic mass is 79.9. The Balaban J connectivity index is 2.80. The molecule has 0 saturated heterocycles. The van der Waals surface area contributed by atoms with Gasteiger partial charge in [-0.2, -0.15) is 0 Å². The lowest BCUT2D eigenvalue weighted by Gasteiger charge is -1.94. The smallest absolute Gasteiger partial charge is 0.258 e. The molecule has 13 heavy (non-hydrogen) atoms. The van der Waals surface area contributed by atoms with E-state index >= 15 is 0 Å². The Bertz CT molecular complexity index is 482. The Morgan fingerprint density at radius 2 is 2.38 bits per heavy atom. The monoisotopic (exact) mass is 258 g/mol. The van der Waals surface area contributed by atoms with E-state index in [0.717, 1.165) is 10.2 Å². The first kappa shape index (κ1) is 8.58. The number of nitro groups is 1. The fourth-order valence-corrected chi connectivity index (χ4v) is 2.51. The molecule has 0 atom stereocenters. The van der Waals surface area contributed by atoms with Gasteiger partial charge < -0.3 is 0 Å². The SMILES string of the molecule is O=[N+]([O-])c1cnc2ccsc2c1Br. The molecule has 0 saturated carbocycles. The van der Waals surface area contributed by atoms with Crippen molar-refractivity contribution in [3.8, 4) is 0 Å². The van der Waals surface area contributed by atoms with Gasteiger partial charge in [0.25, 0.3) is 0 Å². The van der Waals surface area contributed by atoms with Crippen LogP contribution in [0.4, 0.5) is 5.69 Å². The van der Waals surface area contributed by atoms with Gasteiger partial charge in [0.1, 0.15) is 10.7 Å². The zero-order valence-corrected chi connectivity index (χ0v) is 8.63. The molecule has 2 rings (SSSR count). The summed E-state index contributed by atoms with van der Waals surface area (Å²) in [5.74, 6) is 0. The molecule has 0 bridgehead atoms. The standard InChI is InChI=1S/C7H3BrN2O2S/c8-6-5(10(11)12)3-9-4-1-2-13-7(4)6/h1-3H. The van der Waals surface area contributed by atoms with Gasteiger partial charge in [0.15, 0.2) is 0 Å². The van der Waals surface area contributed by atoms with Gasteiger partial charge in [0.2, 0.25) is 0 Å². The molecule has 2 aromatic heterocycles. The van der Waals surface area contributed by atoms with Crippen LogP contribution in [0.5, 0.6) is 0 Å². The normalized spacial score (nSPS) is 10.5. The van der Waals surface area contributed by atoms with E-state index in [0.29, 0.717) is 4.47 Å². The van der Waals surface area contributed by atoms with Crippen molar-refractivity contribution in [2.24, 2.45) is 0 Å². The van der Waals surface area contributed by atoms with Crippen molar-refractivity contribution in [3.05, 3.63) is 32.2 Å². The molecule has 2 aromatic rings. The molecule has 0 aromatic carbocycles. The number of fused-ring (bicyclic) bond motifs is 1. The average Bonchev–Trinajstić information content (AvgIpc) is 2.52. The second-order valence-electron chi connectivity index (χ2n) is 2.35. The van der Waals surface area contributed by atoms with Crippen LogP contribution < -0.4 is 0 Å². The fourth-order valence-electron chi connectivity index (χ4n) is 0.999. The van der Waals surface area contributed by atoms with E-state index in [1.54, 1.807) is 0 Å². The second-order valence-corrected chi connectivity index (χ2v) is 4.06. The molecule has 0 unspecified atom stereocenters. The molecule has 0 amide bonds. The number of rotatable bonds is 1. The van der Waals surface area contributed by atoms with E-state index in [2.05, 4.69) is 20.9 Å². The Labute approximate surface area is 85.5 Å². The number of pyridine rings is 1. The van der Waals surface area contributed by atoms with Crippen molar-refractivity contribution in [1.29, 1.82) is 0 Å². The van der Waals surface area contributed by atoms with Gasteiger partial charge >= 0.3 is 5.69 Å². The maximum absolute atomic E-state index is 10.5. The Kier molecular flexibility index (Phi) is 2.01. The third-order valence-electron chi connectivity index (χ3n) is 1.59. The molecule has 66 valence electrons. The first-order valence-corrected chi connectivity index (χ1v) is 5.03. The molecule has 0 aliphatic rings. The molecule has 0 radical (unpaired) electrons. The van der Waals surface area contributed by atoms with E-state index < -0.39 is 4.92 Å². The fraction of sp³-hybridized carbons (Fsp3) is 0. The van der Waals surface area contributed by atoms with Crippen molar-refractivity contribution in [3.63, 3.8) is 0 Å². The van der Waals surface area contributed by atoms with Crippen molar-refractivity contribution in [2.45, 2.75) is 0 Å². The van der Waals surface area contributed by atoms with Crippen LogP contribution in [-0.4, -0.2) is 9.91 Å². The molecule has 6 heteroatoms. The molecule has 0 aliphatic heterocycles. The van der Waals surface area contributed by atoms with Crippen LogP contribution in [0, 0.1) is 10.1 Å². The lowest BCUT2D eigenvalue weighted by Crippen LogP contribution is -1.90. The van der Waals surface area contributed by atoms with Gasteiger partial charge in [-0.3, -0.25) is 10.1 Å². The highest BCUT2D eigenvalue weighted by Gasteiger charge is 2.15. The highest BCUT2D eigenvalue weighted by molar-refractivity contribution is 9.10. The van der Waals surface area contributed by atoms with Gasteiger partial charge in [-0.1, -0.05) is 0 Å². The summed E-state index contributed by atoms with van der Waals surface area (Å²) in [7, 11) is 0. The molecule has 4 nitrogen and oxygen atoms in total. The van der Waals surface area contributed by atoms with Crippen LogP contribution in [0.1, 0.15) is 0 Å². The largest absolute Gasteiger partial charge is 0.303 e. The van der Waals surface area contributed by atoms with Gasteiger partial charge in [-0.05, 0) is 27.4 Å². The Morgan fingerprint density at radius 3 is 3.08 bits per heavy atom. The van der Waals surface area contributed by atoms with Gasteiger partial charge in [0, 0.05) is 0 Å². The lowest BCUT2D eigenvalue weighted by atomic mass is 10.4. The van der Waals surface area contributed by atoms with Crippen molar-refractivity contribution < 1.29 is 4.92 Å². The third-order valence-corrected chi connectivity index (χ3v) is 3.58. The minimum Gasteiger partial charge on any atom is -0.258 e. The number of hydrogen-bond acceptors (Lipinski definition) is 4. The zero-order valence-electron chi connectivity index (χ0n) is 6.23. The predicted octanol–water partition coefficient (Wildman–Crippen LogP) is 2.97. The summed E-state index contributed by atoms with van der Waals surface area (Å²) in [5, 5.41) is 12.4. The number of halogens is 1. The average molecular weight is 259 g/mol. The molecular weight excluding hydrogens is 256 g/mol. The number of hydrogen-bond donors (Lipinski definition) is 0. The summed E-state index contributed by atoms with van der Waals surface area (Å²) in [6.45, 7) is 0. The minimum atomic E-state index is -0.448. The Hall–Kier alpha value is -1.01. The van der Waals surface area contributed by atoms with Crippen LogP contribution in [-0.2, 0) is 0 Å². The van der Waals surface area contributed by atoms with Crippen LogP contribution in [0.25, 0.3) is 10.2 Å². The van der Waals surface area contributed by atoms with E-state index in [1.165, 1.54) is 17.5 Å². The number of aromatic nitrogens is 1. The topological polar surface area (TPSA) is 56.0 Å². The van der Waals surface area contributed by atoms with Crippen molar-refractivity contribution >= 4 is 43.2 Å². The molecule has 2 heterocycles. The van der Waals surface area contributed by atoms with E-state index in [-0.39, 0.29) is 5.69 Å². The lowest BCUT2D eigenvalue weighted by molar-refractivity contribution is -0.385. The molecule has 0 spiro atoms. The molecular formula is C7H3BrN2O2S. The van der Waals surface area contributed by atoms with E-state index in [4.69, 9.17) is 0 Å². The third kappa shape index (κ3) is 1.31. The van der Waals surface area contributed by atoms with Gasteiger partial charge in [-0.15, -0.1) is 11.3 Å². The van der Waals surface area contributed by atoms with Crippen LogP contribution in [0.3, 0.4) is 0 Å². The molecule has 0 aliphatic carbocycles. The van der Waals surface area contributed by atoms with Crippen LogP contribution >= 0.6 is 27.3 Å². The maximum Gasteiger partial charge on any atom is 0.303 e. The quantitative estimate of drug-likeness (QED) is 0.584.